The minimum atomic E-state index is 0. The van der Waals surface area contributed by atoms with Crippen molar-refractivity contribution in [2.45, 2.75) is 0 Å². The summed E-state index contributed by atoms with van der Waals surface area (Å²) in [6.45, 7) is 0. The smallest absolute Gasteiger partial charge is 0.128 e. The molecule has 4 N–H and O–H groups in total. The summed E-state index contributed by atoms with van der Waals surface area (Å²) in [7, 11) is 0. The van der Waals surface area contributed by atoms with Crippen LogP contribution < -0.4 is 11.5 Å². The Bertz CT molecular complexity index is 74.6. The summed E-state index contributed by atoms with van der Waals surface area (Å²) in [6, 6.07) is 0. The van der Waals surface area contributed by atoms with Crippen LogP contribution in [0.15, 0.2) is 0 Å². The van der Waals surface area contributed by atoms with E-state index in [-0.39, 0.29) is 25.7 Å². The standard InChI is InChI=1S/2CH3NS2.Se/c2*2-1(3)4;/h2*(H3,2,3,4);. The molecule has 0 bridgehead atoms. The number of nitrogens with two attached hydrogens (primary N) is 2. The van der Waals surface area contributed by atoms with Crippen molar-refractivity contribution in [2.24, 2.45) is 11.5 Å². The van der Waals surface area contributed by atoms with Crippen LogP contribution in [0.2, 0.25) is 0 Å². The Morgan fingerprint density at radius 3 is 1.00 bits per heavy atom. The summed E-state index contributed by atoms with van der Waals surface area (Å²) < 4.78 is 0.389. The summed E-state index contributed by atoms with van der Waals surface area (Å²) in [5.74, 6) is 0. The molecule has 2 nitrogen and oxygen atoms in total. The van der Waals surface area contributed by atoms with Gasteiger partial charge in [-0.05, 0) is 0 Å². The van der Waals surface area contributed by atoms with Crippen molar-refractivity contribution in [1.82, 2.24) is 0 Å². The molecule has 0 saturated heterocycles. The van der Waals surface area contributed by atoms with E-state index in [4.69, 9.17) is 11.5 Å². The second-order valence-electron chi connectivity index (χ2n) is 0.676. The van der Waals surface area contributed by atoms with Gasteiger partial charge in [-0.15, -0.1) is 25.3 Å². The molecule has 0 amide bonds. The molecule has 0 unspecified atom stereocenters. The Labute approximate surface area is 86.4 Å². The molecule has 0 heterocycles. The largest absolute Gasteiger partial charge is 0.385 e. The minimum absolute atomic E-state index is 0. The zero-order valence-corrected chi connectivity index (χ0v) is 9.41. The number of rotatable bonds is 0. The van der Waals surface area contributed by atoms with Gasteiger partial charge in [0.2, 0.25) is 0 Å². The van der Waals surface area contributed by atoms with Crippen LogP contribution in [0.4, 0.5) is 0 Å². The van der Waals surface area contributed by atoms with Crippen LogP contribution in [0.1, 0.15) is 0 Å². The number of thiocarbonyl (C=S) groups is 2. The summed E-state index contributed by atoms with van der Waals surface area (Å²) >= 11 is 15.3. The van der Waals surface area contributed by atoms with Crippen LogP contribution in [0.25, 0.3) is 0 Å². The van der Waals surface area contributed by atoms with Gasteiger partial charge < -0.3 is 11.5 Å². The topological polar surface area (TPSA) is 52.0 Å². The molecule has 0 aromatic rings. The van der Waals surface area contributed by atoms with E-state index in [0.29, 0.717) is 0 Å². The SMILES string of the molecule is NC(=S)S.NC(=S)S.[Se]. The van der Waals surface area contributed by atoms with Gasteiger partial charge in [-0.1, -0.05) is 24.4 Å². The molecule has 0 spiro atoms. The first-order chi connectivity index (χ1) is 3.46. The third kappa shape index (κ3) is 441. The van der Waals surface area contributed by atoms with E-state index in [9.17, 15) is 0 Å². The second-order valence-corrected chi connectivity index (χ2v) is 3.12. The average molecular weight is 265 g/mol. The molecule has 0 fully saturated rings. The van der Waals surface area contributed by atoms with Gasteiger partial charge >= 0.3 is 0 Å². The van der Waals surface area contributed by atoms with E-state index in [0.717, 1.165) is 0 Å². The zero-order valence-electron chi connectivity index (χ0n) is 4.27. The van der Waals surface area contributed by atoms with Crippen molar-refractivity contribution in [2.75, 3.05) is 0 Å². The van der Waals surface area contributed by atoms with E-state index in [1.807, 2.05) is 0 Å². The monoisotopic (exact) mass is 266 g/mol. The zero-order chi connectivity index (χ0) is 7.15. The van der Waals surface area contributed by atoms with Gasteiger partial charge in [0.1, 0.15) is 8.64 Å². The van der Waals surface area contributed by atoms with E-state index < -0.39 is 0 Å². The first kappa shape index (κ1) is 16.5. The molecule has 0 saturated carbocycles. The molecule has 0 aromatic heterocycles. The fourth-order valence-corrected chi connectivity index (χ4v) is 0. The average Bonchev–Trinajstić information content (AvgIpc) is 1.25. The summed E-state index contributed by atoms with van der Waals surface area (Å²) in [4.78, 5) is 0. The van der Waals surface area contributed by atoms with Crippen molar-refractivity contribution in [3.8, 4) is 0 Å². The molecule has 7 heteroatoms. The van der Waals surface area contributed by atoms with Crippen LogP contribution in [0, 0.1) is 0 Å². The Morgan fingerprint density at radius 1 is 1.00 bits per heavy atom. The molecule has 0 aliphatic carbocycles. The van der Waals surface area contributed by atoms with Gasteiger partial charge in [0, 0.05) is 17.1 Å². The van der Waals surface area contributed by atoms with Gasteiger partial charge in [0.05, 0.1) is 0 Å². The first-order valence-corrected chi connectivity index (χ1v) is 3.14. The van der Waals surface area contributed by atoms with Crippen LogP contribution in [0.5, 0.6) is 0 Å². The number of hydrogen-bond acceptors (Lipinski definition) is 2. The van der Waals surface area contributed by atoms with E-state index >= 15 is 0 Å². The molecular weight excluding hydrogens is 259 g/mol. The Kier molecular flexibility index (Phi) is 21.6. The molecule has 2 radical (unpaired) electrons. The Morgan fingerprint density at radius 2 is 1.00 bits per heavy atom. The van der Waals surface area contributed by atoms with Crippen molar-refractivity contribution < 1.29 is 0 Å². The fourth-order valence-electron chi connectivity index (χ4n) is 0. The maximum absolute atomic E-state index is 4.71. The Hall–Kier alpha value is 0.999. The van der Waals surface area contributed by atoms with E-state index in [1.165, 1.54) is 0 Å². The third-order valence-corrected chi connectivity index (χ3v) is 0. The van der Waals surface area contributed by atoms with Crippen LogP contribution in [0.3, 0.4) is 0 Å². The van der Waals surface area contributed by atoms with Crippen molar-refractivity contribution in [3.63, 3.8) is 0 Å². The second kappa shape index (κ2) is 11.8. The third-order valence-electron chi connectivity index (χ3n) is 0. The maximum Gasteiger partial charge on any atom is 0.128 e. The molecule has 0 atom stereocenters. The van der Waals surface area contributed by atoms with Crippen molar-refractivity contribution in [3.05, 3.63) is 0 Å². The maximum atomic E-state index is 4.71. The number of thiol groups is 2. The molecule has 9 heavy (non-hydrogen) atoms. The summed E-state index contributed by atoms with van der Waals surface area (Å²) in [6.07, 6.45) is 0. The van der Waals surface area contributed by atoms with Gasteiger partial charge in [-0.3, -0.25) is 0 Å². The summed E-state index contributed by atoms with van der Waals surface area (Å²) in [5.41, 5.74) is 9.41. The first-order valence-electron chi connectivity index (χ1n) is 1.43. The van der Waals surface area contributed by atoms with Crippen molar-refractivity contribution in [1.29, 1.82) is 0 Å². The van der Waals surface area contributed by atoms with E-state index in [1.54, 1.807) is 0 Å². The summed E-state index contributed by atoms with van der Waals surface area (Å²) in [5, 5.41) is 0. The Balaban J connectivity index is -0.0000000720. The van der Waals surface area contributed by atoms with Gasteiger partial charge in [0.15, 0.2) is 0 Å². The normalized spacial score (nSPS) is 5.56. The van der Waals surface area contributed by atoms with E-state index in [2.05, 4.69) is 49.7 Å². The van der Waals surface area contributed by atoms with Crippen molar-refractivity contribution >= 4 is 75.4 Å². The molecule has 0 aliphatic heterocycles. The van der Waals surface area contributed by atoms with Crippen LogP contribution >= 0.6 is 49.7 Å². The van der Waals surface area contributed by atoms with Gasteiger partial charge in [0.25, 0.3) is 0 Å². The van der Waals surface area contributed by atoms with Crippen LogP contribution in [-0.4, -0.2) is 25.7 Å². The molecular formula is C2H6N2S4Se. The predicted octanol–water partition coefficient (Wildman–Crippen LogP) is -0.0612. The van der Waals surface area contributed by atoms with Gasteiger partial charge in [-0.25, -0.2) is 0 Å². The van der Waals surface area contributed by atoms with Crippen LogP contribution in [-0.2, 0) is 0 Å². The minimum Gasteiger partial charge on any atom is -0.385 e. The molecule has 0 aromatic carbocycles. The predicted molar refractivity (Wildman–Crippen MR) is 57.3 cm³/mol. The molecule has 0 aliphatic rings. The number of hydrogen-bond donors (Lipinski definition) is 4. The molecule has 54 valence electrons. The molecule has 0 rings (SSSR count). The quantitative estimate of drug-likeness (QED) is 0.282. The fraction of sp³-hybridized carbons (Fsp3) is 0. The van der Waals surface area contributed by atoms with Gasteiger partial charge in [-0.2, -0.15) is 0 Å².